The molecule has 0 aliphatic carbocycles. The van der Waals surface area contributed by atoms with E-state index in [2.05, 4.69) is 25.9 Å². The number of nitrogens with zero attached hydrogens (tertiary/aromatic N) is 2. The molecule has 2 aromatic rings. The number of hydrogen-bond donors (Lipinski definition) is 1. The predicted molar refractivity (Wildman–Crippen MR) is 80.1 cm³/mol. The Balaban J connectivity index is 2.28. The van der Waals surface area contributed by atoms with Gasteiger partial charge in [-0.1, -0.05) is 39.0 Å². The number of rotatable bonds is 5. The molecular formula is C16H20N2O3. The van der Waals surface area contributed by atoms with Gasteiger partial charge in [-0.2, -0.15) is 5.10 Å². The van der Waals surface area contributed by atoms with Crippen molar-refractivity contribution in [1.82, 2.24) is 9.78 Å². The molecule has 2 rings (SSSR count). The molecule has 0 radical (unpaired) electrons. The first kappa shape index (κ1) is 15.1. The van der Waals surface area contributed by atoms with E-state index in [1.165, 1.54) is 10.9 Å². The third-order valence-electron chi connectivity index (χ3n) is 3.05. The van der Waals surface area contributed by atoms with Crippen LogP contribution >= 0.6 is 0 Å². The van der Waals surface area contributed by atoms with E-state index in [0.717, 1.165) is 12.1 Å². The van der Waals surface area contributed by atoms with Crippen LogP contribution in [0.15, 0.2) is 36.5 Å². The summed E-state index contributed by atoms with van der Waals surface area (Å²) in [4.78, 5) is 11.3. The van der Waals surface area contributed by atoms with Crippen LogP contribution < -0.4 is 4.74 Å². The molecule has 0 amide bonds. The molecule has 21 heavy (non-hydrogen) atoms. The van der Waals surface area contributed by atoms with Gasteiger partial charge < -0.3 is 9.84 Å². The minimum absolute atomic E-state index is 0.0766. The Kier molecular flexibility index (Phi) is 4.31. The van der Waals surface area contributed by atoms with Crippen molar-refractivity contribution in [3.8, 4) is 11.6 Å². The van der Waals surface area contributed by atoms with Crippen molar-refractivity contribution >= 4 is 5.97 Å². The second-order valence-electron chi connectivity index (χ2n) is 6.08. The minimum atomic E-state index is -1.04. The molecule has 1 N–H and O–H groups in total. The zero-order valence-corrected chi connectivity index (χ0v) is 12.5. The highest BCUT2D eigenvalue weighted by molar-refractivity contribution is 5.90. The van der Waals surface area contributed by atoms with Crippen LogP contribution in [0.3, 0.4) is 0 Å². The first-order valence-corrected chi connectivity index (χ1v) is 6.88. The number of carboxylic acids is 1. The topological polar surface area (TPSA) is 64.3 Å². The van der Waals surface area contributed by atoms with Gasteiger partial charge in [0.15, 0.2) is 0 Å². The standard InChI is InChI=1S/C16H20N2O3/c1-16(2,3)9-10-21-14-13(15(19)20)11-17-18(14)12-7-5-4-6-8-12/h4-8,11H,9-10H2,1-3H3,(H,19,20). The minimum Gasteiger partial charge on any atom is -0.477 e. The summed E-state index contributed by atoms with van der Waals surface area (Å²) in [5.41, 5.74) is 0.976. The second kappa shape index (κ2) is 5.99. The average molecular weight is 288 g/mol. The lowest BCUT2D eigenvalue weighted by atomic mass is 9.93. The number of carbonyl (C=O) groups is 1. The van der Waals surface area contributed by atoms with Crippen LogP contribution in [0.2, 0.25) is 0 Å². The Hall–Kier alpha value is -2.30. The zero-order valence-electron chi connectivity index (χ0n) is 12.5. The van der Waals surface area contributed by atoms with Crippen LogP contribution in [0.1, 0.15) is 37.6 Å². The van der Waals surface area contributed by atoms with E-state index in [1.54, 1.807) is 0 Å². The Labute approximate surface area is 124 Å². The van der Waals surface area contributed by atoms with Crippen molar-refractivity contribution in [2.24, 2.45) is 5.41 Å². The second-order valence-corrected chi connectivity index (χ2v) is 6.08. The lowest BCUT2D eigenvalue weighted by Crippen LogP contribution is -2.14. The highest BCUT2D eigenvalue weighted by Gasteiger charge is 2.20. The smallest absolute Gasteiger partial charge is 0.342 e. The number of aromatic carboxylic acids is 1. The van der Waals surface area contributed by atoms with Gasteiger partial charge in [0, 0.05) is 0 Å². The number of aromatic nitrogens is 2. The molecule has 0 spiro atoms. The normalized spacial score (nSPS) is 11.4. The molecule has 0 bridgehead atoms. The highest BCUT2D eigenvalue weighted by Crippen LogP contribution is 2.25. The molecule has 1 aromatic carbocycles. The average Bonchev–Trinajstić information content (AvgIpc) is 2.82. The van der Waals surface area contributed by atoms with Gasteiger partial charge in [0.05, 0.1) is 18.5 Å². The lowest BCUT2D eigenvalue weighted by Gasteiger charge is -2.18. The molecule has 0 unspecified atom stereocenters. The predicted octanol–water partition coefficient (Wildman–Crippen LogP) is 3.39. The molecule has 0 fully saturated rings. The van der Waals surface area contributed by atoms with Crippen molar-refractivity contribution in [3.63, 3.8) is 0 Å². The largest absolute Gasteiger partial charge is 0.477 e. The first-order valence-electron chi connectivity index (χ1n) is 6.88. The summed E-state index contributed by atoms with van der Waals surface area (Å²) in [7, 11) is 0. The SMILES string of the molecule is CC(C)(C)CCOc1c(C(=O)O)cnn1-c1ccccc1. The molecule has 1 aromatic heterocycles. The summed E-state index contributed by atoms with van der Waals surface area (Å²) in [5, 5.41) is 13.4. The molecule has 0 aliphatic heterocycles. The van der Waals surface area contributed by atoms with Gasteiger partial charge in [0.1, 0.15) is 5.56 Å². The summed E-state index contributed by atoms with van der Waals surface area (Å²) in [6.07, 6.45) is 2.15. The lowest BCUT2D eigenvalue weighted by molar-refractivity contribution is 0.0691. The van der Waals surface area contributed by atoms with Crippen LogP contribution in [0.4, 0.5) is 0 Å². The van der Waals surface area contributed by atoms with Crippen LogP contribution in [-0.4, -0.2) is 27.5 Å². The highest BCUT2D eigenvalue weighted by atomic mass is 16.5. The number of benzene rings is 1. The quantitative estimate of drug-likeness (QED) is 0.916. The summed E-state index contributed by atoms with van der Waals surface area (Å²) in [6.45, 7) is 6.79. The number of hydrogen-bond acceptors (Lipinski definition) is 3. The fourth-order valence-corrected chi connectivity index (χ4v) is 1.83. The van der Waals surface area contributed by atoms with Gasteiger partial charge in [-0.15, -0.1) is 0 Å². The third kappa shape index (κ3) is 3.84. The van der Waals surface area contributed by atoms with Gasteiger partial charge in [0.2, 0.25) is 5.88 Å². The maximum absolute atomic E-state index is 11.3. The van der Waals surface area contributed by atoms with Gasteiger partial charge >= 0.3 is 5.97 Å². The monoisotopic (exact) mass is 288 g/mol. The van der Waals surface area contributed by atoms with E-state index >= 15 is 0 Å². The Morgan fingerprint density at radius 3 is 2.52 bits per heavy atom. The molecule has 5 nitrogen and oxygen atoms in total. The molecule has 112 valence electrons. The van der Waals surface area contributed by atoms with Crippen molar-refractivity contribution < 1.29 is 14.6 Å². The molecule has 0 aliphatic rings. The van der Waals surface area contributed by atoms with E-state index in [0.29, 0.717) is 6.61 Å². The molecule has 1 heterocycles. The van der Waals surface area contributed by atoms with Crippen LogP contribution in [-0.2, 0) is 0 Å². The van der Waals surface area contributed by atoms with E-state index < -0.39 is 5.97 Å². The van der Waals surface area contributed by atoms with Gasteiger partial charge in [-0.25, -0.2) is 9.48 Å². The maximum atomic E-state index is 11.3. The third-order valence-corrected chi connectivity index (χ3v) is 3.05. The molecule has 0 saturated heterocycles. The van der Waals surface area contributed by atoms with Crippen molar-refractivity contribution in [1.29, 1.82) is 0 Å². The first-order chi connectivity index (χ1) is 9.88. The number of carboxylic acid groups (broad SMARTS) is 1. The van der Waals surface area contributed by atoms with E-state index in [1.807, 2.05) is 30.3 Å². The summed E-state index contributed by atoms with van der Waals surface area (Å²) >= 11 is 0. The fourth-order valence-electron chi connectivity index (χ4n) is 1.83. The van der Waals surface area contributed by atoms with Crippen molar-refractivity contribution in [2.75, 3.05) is 6.61 Å². The van der Waals surface area contributed by atoms with E-state index in [9.17, 15) is 9.90 Å². The van der Waals surface area contributed by atoms with Gasteiger partial charge in [0.25, 0.3) is 0 Å². The maximum Gasteiger partial charge on any atom is 0.342 e. The Morgan fingerprint density at radius 1 is 1.29 bits per heavy atom. The Bertz CT molecular complexity index is 612. The summed E-state index contributed by atoms with van der Waals surface area (Å²) in [6, 6.07) is 9.35. The number of para-hydroxylation sites is 1. The summed E-state index contributed by atoms with van der Waals surface area (Å²) in [5.74, 6) is -0.763. The van der Waals surface area contributed by atoms with Crippen LogP contribution in [0.5, 0.6) is 5.88 Å². The Morgan fingerprint density at radius 2 is 1.95 bits per heavy atom. The van der Waals surface area contributed by atoms with Crippen LogP contribution in [0, 0.1) is 5.41 Å². The molecule has 0 atom stereocenters. The zero-order chi connectivity index (χ0) is 15.5. The van der Waals surface area contributed by atoms with Gasteiger partial charge in [-0.05, 0) is 24.0 Å². The summed E-state index contributed by atoms with van der Waals surface area (Å²) < 4.78 is 7.24. The van der Waals surface area contributed by atoms with E-state index in [-0.39, 0.29) is 16.9 Å². The molecule has 0 saturated carbocycles. The number of ether oxygens (including phenoxy) is 1. The molecular weight excluding hydrogens is 268 g/mol. The van der Waals surface area contributed by atoms with Crippen molar-refractivity contribution in [2.45, 2.75) is 27.2 Å². The molecule has 5 heteroatoms. The van der Waals surface area contributed by atoms with Crippen LogP contribution in [0.25, 0.3) is 5.69 Å². The fraction of sp³-hybridized carbons (Fsp3) is 0.375. The van der Waals surface area contributed by atoms with Crippen molar-refractivity contribution in [3.05, 3.63) is 42.1 Å². The van der Waals surface area contributed by atoms with Gasteiger partial charge in [-0.3, -0.25) is 0 Å². The van der Waals surface area contributed by atoms with E-state index in [4.69, 9.17) is 4.74 Å².